The zero-order chi connectivity index (χ0) is 17.6. The zero-order valence-corrected chi connectivity index (χ0v) is 14.6. The van der Waals surface area contributed by atoms with Gasteiger partial charge in [-0.25, -0.2) is 0 Å². The number of carbonyl (C=O) groups excluding carboxylic acids is 2. The number of hydrogen-bond acceptors (Lipinski definition) is 5. The number of tetrazole rings is 1. The second-order valence-electron chi connectivity index (χ2n) is 6.20. The molecule has 25 heavy (non-hydrogen) atoms. The van der Waals surface area contributed by atoms with Crippen LogP contribution in [0.25, 0.3) is 11.4 Å². The van der Waals surface area contributed by atoms with Crippen LogP contribution in [0.1, 0.15) is 31.2 Å². The first-order valence-electron chi connectivity index (χ1n) is 8.39. The number of aromatic nitrogens is 4. The van der Waals surface area contributed by atoms with E-state index in [4.69, 9.17) is 11.6 Å². The molecular weight excluding hydrogens is 342 g/mol. The van der Waals surface area contributed by atoms with E-state index in [1.807, 2.05) is 24.3 Å². The van der Waals surface area contributed by atoms with E-state index in [1.54, 1.807) is 0 Å². The summed E-state index contributed by atoms with van der Waals surface area (Å²) in [5, 5.41) is 15.2. The predicted octanol–water partition coefficient (Wildman–Crippen LogP) is 1.75. The molecule has 1 saturated carbocycles. The molecule has 1 N–H and O–H groups in total. The normalized spacial score (nSPS) is 14.6. The molecule has 132 valence electrons. The van der Waals surface area contributed by atoms with Crippen molar-refractivity contribution in [3.63, 3.8) is 0 Å². The van der Waals surface area contributed by atoms with Gasteiger partial charge in [0, 0.05) is 18.0 Å². The Hall–Kier alpha value is -2.28. The van der Waals surface area contributed by atoms with Crippen molar-refractivity contribution in [2.75, 3.05) is 5.88 Å². The number of halogens is 1. The molecule has 0 unspecified atom stereocenters. The van der Waals surface area contributed by atoms with E-state index in [1.165, 1.54) is 4.80 Å². The third kappa shape index (κ3) is 4.63. The molecule has 2 aromatic rings. The topological polar surface area (TPSA) is 89.8 Å². The van der Waals surface area contributed by atoms with Crippen LogP contribution in [-0.4, -0.2) is 43.8 Å². The Kier molecular flexibility index (Phi) is 5.75. The van der Waals surface area contributed by atoms with Crippen LogP contribution < -0.4 is 5.32 Å². The maximum absolute atomic E-state index is 12.1. The van der Waals surface area contributed by atoms with E-state index in [9.17, 15) is 9.59 Å². The van der Waals surface area contributed by atoms with Gasteiger partial charge in [0.15, 0.2) is 5.78 Å². The van der Waals surface area contributed by atoms with Gasteiger partial charge in [-0.3, -0.25) is 9.59 Å². The lowest BCUT2D eigenvalue weighted by Crippen LogP contribution is -2.35. The fourth-order valence-corrected chi connectivity index (χ4v) is 3.14. The van der Waals surface area contributed by atoms with Gasteiger partial charge in [-0.15, -0.1) is 21.8 Å². The van der Waals surface area contributed by atoms with Crippen LogP contribution in [0, 0.1) is 0 Å². The molecule has 1 amide bonds. The summed E-state index contributed by atoms with van der Waals surface area (Å²) in [6, 6.07) is 7.62. The molecule has 0 radical (unpaired) electrons. The van der Waals surface area contributed by atoms with E-state index in [2.05, 4.69) is 20.7 Å². The van der Waals surface area contributed by atoms with E-state index in [0.29, 0.717) is 5.82 Å². The van der Waals surface area contributed by atoms with E-state index in [-0.39, 0.29) is 36.6 Å². The lowest BCUT2D eigenvalue weighted by molar-refractivity contribution is -0.122. The molecule has 1 aromatic carbocycles. The molecule has 0 spiro atoms. The first-order chi connectivity index (χ1) is 12.2. The van der Waals surface area contributed by atoms with Gasteiger partial charge < -0.3 is 5.32 Å². The number of rotatable bonds is 7. The van der Waals surface area contributed by atoms with E-state index >= 15 is 0 Å². The Labute approximate surface area is 150 Å². The Balaban J connectivity index is 1.68. The number of nitrogens with one attached hydrogen (secondary N) is 1. The average molecular weight is 362 g/mol. The maximum atomic E-state index is 12.1. The zero-order valence-electron chi connectivity index (χ0n) is 13.8. The number of carbonyl (C=O) groups is 2. The minimum Gasteiger partial charge on any atom is -0.352 e. The van der Waals surface area contributed by atoms with Crippen LogP contribution in [0.15, 0.2) is 24.3 Å². The number of hydrogen-bond donors (Lipinski definition) is 1. The van der Waals surface area contributed by atoms with Crippen LogP contribution in [-0.2, 0) is 22.6 Å². The molecular formula is C17H20ClN5O2. The summed E-state index contributed by atoms with van der Waals surface area (Å²) in [5.41, 5.74) is 1.52. The van der Waals surface area contributed by atoms with Crippen LogP contribution >= 0.6 is 11.6 Å². The summed E-state index contributed by atoms with van der Waals surface area (Å²) < 4.78 is 0. The summed E-state index contributed by atoms with van der Waals surface area (Å²) in [7, 11) is 0. The smallest absolute Gasteiger partial charge is 0.243 e. The molecule has 7 nitrogen and oxygen atoms in total. The summed E-state index contributed by atoms with van der Waals surface area (Å²) >= 11 is 5.59. The minimum absolute atomic E-state index is 0.0320. The lowest BCUT2D eigenvalue weighted by atomic mass is 10.0. The summed E-state index contributed by atoms with van der Waals surface area (Å²) in [6.07, 6.45) is 4.60. The number of benzene rings is 1. The molecule has 1 heterocycles. The van der Waals surface area contributed by atoms with Crippen molar-refractivity contribution < 1.29 is 9.59 Å². The Morgan fingerprint density at radius 2 is 2.00 bits per heavy atom. The molecule has 0 bridgehead atoms. The third-order valence-electron chi connectivity index (χ3n) is 4.25. The Bertz CT molecular complexity index is 755. The van der Waals surface area contributed by atoms with Crippen LogP contribution in [0.5, 0.6) is 0 Å². The molecule has 1 fully saturated rings. The molecule has 1 aromatic heterocycles. The highest BCUT2D eigenvalue weighted by molar-refractivity contribution is 6.27. The predicted molar refractivity (Wildman–Crippen MR) is 93.1 cm³/mol. The Morgan fingerprint density at radius 1 is 1.24 bits per heavy atom. The molecule has 0 aliphatic heterocycles. The van der Waals surface area contributed by atoms with E-state index in [0.717, 1.165) is 36.8 Å². The summed E-state index contributed by atoms with van der Waals surface area (Å²) in [4.78, 5) is 25.0. The second kappa shape index (κ2) is 8.20. The second-order valence-corrected chi connectivity index (χ2v) is 6.47. The fraction of sp³-hybridized carbons (Fsp3) is 0.471. The van der Waals surface area contributed by atoms with Crippen LogP contribution in [0.2, 0.25) is 0 Å². The number of Topliss-reactive ketones (excluding diaryl/α,β-unsaturated/α-hetero) is 1. The number of nitrogens with zero attached hydrogens (tertiary/aromatic N) is 4. The van der Waals surface area contributed by atoms with Crippen molar-refractivity contribution >= 4 is 23.3 Å². The fourth-order valence-electron chi connectivity index (χ4n) is 3.04. The van der Waals surface area contributed by atoms with Crippen molar-refractivity contribution in [2.24, 2.45) is 0 Å². The molecule has 8 heteroatoms. The van der Waals surface area contributed by atoms with Crippen LogP contribution in [0.4, 0.5) is 0 Å². The van der Waals surface area contributed by atoms with Gasteiger partial charge in [0.05, 0.1) is 5.88 Å². The average Bonchev–Trinajstić information content (AvgIpc) is 3.27. The molecule has 1 aliphatic carbocycles. The quantitative estimate of drug-likeness (QED) is 0.759. The molecule has 1 aliphatic rings. The minimum atomic E-state index is -0.110. The Morgan fingerprint density at radius 3 is 2.76 bits per heavy atom. The van der Waals surface area contributed by atoms with Crippen molar-refractivity contribution in [1.29, 1.82) is 0 Å². The van der Waals surface area contributed by atoms with Gasteiger partial charge in [-0.1, -0.05) is 37.1 Å². The van der Waals surface area contributed by atoms with Crippen LogP contribution in [0.3, 0.4) is 0 Å². The van der Waals surface area contributed by atoms with Gasteiger partial charge >= 0.3 is 0 Å². The lowest BCUT2D eigenvalue weighted by Gasteiger charge is -2.10. The number of amides is 1. The van der Waals surface area contributed by atoms with Crippen molar-refractivity contribution in [2.45, 2.75) is 44.7 Å². The highest BCUT2D eigenvalue weighted by Gasteiger charge is 2.18. The van der Waals surface area contributed by atoms with Gasteiger partial charge in [0.2, 0.25) is 11.7 Å². The van der Waals surface area contributed by atoms with Gasteiger partial charge in [0.1, 0.15) is 6.54 Å². The summed E-state index contributed by atoms with van der Waals surface area (Å²) in [6.45, 7) is 0.0340. The highest BCUT2D eigenvalue weighted by Crippen LogP contribution is 2.20. The van der Waals surface area contributed by atoms with E-state index < -0.39 is 0 Å². The number of alkyl halides is 1. The van der Waals surface area contributed by atoms with Crippen molar-refractivity contribution in [3.8, 4) is 11.4 Å². The largest absolute Gasteiger partial charge is 0.352 e. The van der Waals surface area contributed by atoms with Gasteiger partial charge in [-0.05, 0) is 23.6 Å². The molecule has 0 saturated heterocycles. The standard InChI is InChI=1S/C17H20ClN5O2/c18-10-14(24)9-12-5-1-4-8-15(12)17-20-22-23(21-17)11-16(25)19-13-6-2-3-7-13/h1,4-5,8,13H,2-3,6-7,9-11H2,(H,19,25). The monoisotopic (exact) mass is 361 g/mol. The SMILES string of the molecule is O=C(CCl)Cc1ccccc1-c1nnn(CC(=O)NC2CCCC2)n1. The maximum Gasteiger partial charge on any atom is 0.243 e. The molecule has 0 atom stereocenters. The summed E-state index contributed by atoms with van der Waals surface area (Å²) in [5.74, 6) is 0.182. The highest BCUT2D eigenvalue weighted by atomic mass is 35.5. The van der Waals surface area contributed by atoms with Gasteiger partial charge in [0.25, 0.3) is 0 Å². The third-order valence-corrected chi connectivity index (χ3v) is 4.55. The number of ketones is 1. The first kappa shape index (κ1) is 17.5. The molecule has 3 rings (SSSR count). The van der Waals surface area contributed by atoms with Crippen molar-refractivity contribution in [3.05, 3.63) is 29.8 Å². The first-order valence-corrected chi connectivity index (χ1v) is 8.92. The van der Waals surface area contributed by atoms with Crippen molar-refractivity contribution in [1.82, 2.24) is 25.5 Å². The van der Waals surface area contributed by atoms with Gasteiger partial charge in [-0.2, -0.15) is 4.80 Å².